The van der Waals surface area contributed by atoms with E-state index in [0.717, 1.165) is 12.8 Å². The fourth-order valence-corrected chi connectivity index (χ4v) is 1.26. The van der Waals surface area contributed by atoms with Gasteiger partial charge in [0.25, 0.3) is 0 Å². The van der Waals surface area contributed by atoms with Crippen LogP contribution in [0.3, 0.4) is 0 Å². The van der Waals surface area contributed by atoms with Crippen LogP contribution in [0.5, 0.6) is 0 Å². The molecule has 1 heteroatoms. The number of rotatable bonds is 3. The first-order valence-electron chi connectivity index (χ1n) is 4.54. The average molecular weight is 195 g/mol. The van der Waals surface area contributed by atoms with Crippen LogP contribution in [-0.4, -0.2) is 0 Å². The van der Waals surface area contributed by atoms with Gasteiger partial charge in [0.15, 0.2) is 0 Å². The number of halogens is 1. The monoisotopic (exact) mass is 194 g/mol. The third-order valence-corrected chi connectivity index (χ3v) is 2.49. The molecule has 0 heterocycles. The van der Waals surface area contributed by atoms with Crippen molar-refractivity contribution in [3.05, 3.63) is 46.5 Å². The maximum atomic E-state index is 5.58. The van der Waals surface area contributed by atoms with Crippen LogP contribution in [0.15, 0.2) is 35.4 Å². The van der Waals surface area contributed by atoms with E-state index in [0.29, 0.717) is 0 Å². The van der Waals surface area contributed by atoms with Gasteiger partial charge in [-0.25, -0.2) is 0 Å². The van der Waals surface area contributed by atoms with E-state index in [1.807, 2.05) is 0 Å². The molecule has 1 rings (SSSR count). The van der Waals surface area contributed by atoms with Gasteiger partial charge in [-0.05, 0) is 32.3 Å². The van der Waals surface area contributed by atoms with Crippen molar-refractivity contribution in [2.75, 3.05) is 0 Å². The Labute approximate surface area is 85.2 Å². The summed E-state index contributed by atoms with van der Waals surface area (Å²) in [6.07, 6.45) is 2.13. The van der Waals surface area contributed by atoms with E-state index in [1.165, 1.54) is 16.7 Å². The van der Waals surface area contributed by atoms with E-state index in [-0.39, 0.29) is 0 Å². The first-order chi connectivity index (χ1) is 6.22. The van der Waals surface area contributed by atoms with Crippen LogP contribution in [0.4, 0.5) is 0 Å². The molecular formula is C12H15Cl. The third kappa shape index (κ3) is 3.65. The molecule has 0 fully saturated rings. The molecule has 0 saturated carbocycles. The van der Waals surface area contributed by atoms with E-state index in [4.69, 9.17) is 11.6 Å². The predicted molar refractivity (Wildman–Crippen MR) is 59.1 cm³/mol. The molecule has 0 saturated heterocycles. The van der Waals surface area contributed by atoms with Gasteiger partial charge in [-0.2, -0.15) is 0 Å². The lowest BCUT2D eigenvalue weighted by Gasteiger charge is -2.01. The molecular weight excluding hydrogens is 180 g/mol. The lowest BCUT2D eigenvalue weighted by molar-refractivity contribution is 0.943. The molecule has 0 aliphatic carbocycles. The summed E-state index contributed by atoms with van der Waals surface area (Å²) in [6.45, 7) is 4.16. The molecule has 1 aromatic rings. The van der Waals surface area contributed by atoms with Crippen LogP contribution < -0.4 is 0 Å². The number of allylic oxidation sites excluding steroid dienone is 1. The van der Waals surface area contributed by atoms with Crippen LogP contribution >= 0.6 is 11.6 Å². The van der Waals surface area contributed by atoms with Crippen molar-refractivity contribution in [2.24, 2.45) is 0 Å². The molecule has 0 spiro atoms. The number of hydrogen-bond acceptors (Lipinski definition) is 0. The van der Waals surface area contributed by atoms with E-state index in [2.05, 4.69) is 38.1 Å². The summed E-state index contributed by atoms with van der Waals surface area (Å²) in [7, 11) is 0. The molecule has 0 atom stereocenters. The van der Waals surface area contributed by atoms with Crippen LogP contribution in [0.1, 0.15) is 24.5 Å². The Kier molecular flexibility index (Phi) is 4.04. The zero-order chi connectivity index (χ0) is 9.68. The summed E-state index contributed by atoms with van der Waals surface area (Å²) in [5.41, 5.74) is 5.59. The summed E-state index contributed by atoms with van der Waals surface area (Å²) in [5, 5.41) is 0. The second-order valence-electron chi connectivity index (χ2n) is 3.44. The Balaban J connectivity index is 2.51. The number of hydrogen-bond donors (Lipinski definition) is 0. The fourth-order valence-electron chi connectivity index (χ4n) is 1.15. The molecule has 1 aromatic carbocycles. The maximum Gasteiger partial charge on any atom is 0.00318 e. The van der Waals surface area contributed by atoms with E-state index in [1.54, 1.807) is 5.54 Å². The standard InChI is InChI=1S/C12H15Cl/c1-10-3-6-12(7-4-10)8-5-11(2)9-13/h3-4,6-7,9H,5,8H2,1-2H3/b11-9-. The van der Waals surface area contributed by atoms with Gasteiger partial charge in [0.2, 0.25) is 0 Å². The Hall–Kier alpha value is -0.750. The van der Waals surface area contributed by atoms with Crippen molar-refractivity contribution in [3.63, 3.8) is 0 Å². The Morgan fingerprint density at radius 3 is 2.46 bits per heavy atom. The molecule has 0 N–H and O–H groups in total. The first-order valence-corrected chi connectivity index (χ1v) is 4.97. The Bertz CT molecular complexity index is 282. The highest BCUT2D eigenvalue weighted by Crippen LogP contribution is 2.10. The van der Waals surface area contributed by atoms with Gasteiger partial charge in [0.1, 0.15) is 0 Å². The molecule has 13 heavy (non-hydrogen) atoms. The highest BCUT2D eigenvalue weighted by atomic mass is 35.5. The minimum Gasteiger partial charge on any atom is -0.0930 e. The van der Waals surface area contributed by atoms with Crippen molar-refractivity contribution in [1.29, 1.82) is 0 Å². The van der Waals surface area contributed by atoms with Gasteiger partial charge in [0, 0.05) is 5.54 Å². The SMILES string of the molecule is C/C(=C/Cl)CCc1ccc(C)cc1. The van der Waals surface area contributed by atoms with Crippen LogP contribution in [-0.2, 0) is 6.42 Å². The zero-order valence-corrected chi connectivity index (χ0v) is 8.93. The summed E-state index contributed by atoms with van der Waals surface area (Å²) in [5.74, 6) is 0. The number of aryl methyl sites for hydroxylation is 2. The van der Waals surface area contributed by atoms with E-state index >= 15 is 0 Å². The van der Waals surface area contributed by atoms with E-state index < -0.39 is 0 Å². The van der Waals surface area contributed by atoms with Crippen LogP contribution in [0.2, 0.25) is 0 Å². The average Bonchev–Trinajstić information content (AvgIpc) is 2.16. The summed E-state index contributed by atoms with van der Waals surface area (Å²) < 4.78 is 0. The quantitative estimate of drug-likeness (QED) is 0.681. The molecule has 70 valence electrons. The van der Waals surface area contributed by atoms with Crippen molar-refractivity contribution in [2.45, 2.75) is 26.7 Å². The van der Waals surface area contributed by atoms with Gasteiger partial charge in [-0.15, -0.1) is 0 Å². The summed E-state index contributed by atoms with van der Waals surface area (Å²) >= 11 is 5.58. The minimum absolute atomic E-state index is 1.05. The van der Waals surface area contributed by atoms with E-state index in [9.17, 15) is 0 Å². The fraction of sp³-hybridized carbons (Fsp3) is 0.333. The highest BCUT2D eigenvalue weighted by molar-refractivity contribution is 6.25. The lowest BCUT2D eigenvalue weighted by Crippen LogP contribution is -1.86. The van der Waals surface area contributed by atoms with Gasteiger partial charge in [-0.1, -0.05) is 47.0 Å². The second kappa shape index (κ2) is 5.08. The molecule has 0 bridgehead atoms. The second-order valence-corrected chi connectivity index (χ2v) is 3.66. The van der Waals surface area contributed by atoms with Crippen LogP contribution in [0.25, 0.3) is 0 Å². The molecule has 0 radical (unpaired) electrons. The molecule has 0 aliphatic rings. The molecule has 0 unspecified atom stereocenters. The maximum absolute atomic E-state index is 5.58. The van der Waals surface area contributed by atoms with Crippen molar-refractivity contribution in [3.8, 4) is 0 Å². The topological polar surface area (TPSA) is 0 Å². The summed E-state index contributed by atoms with van der Waals surface area (Å²) in [4.78, 5) is 0. The Morgan fingerprint density at radius 2 is 1.92 bits per heavy atom. The Morgan fingerprint density at radius 1 is 1.31 bits per heavy atom. The molecule has 0 aliphatic heterocycles. The van der Waals surface area contributed by atoms with Crippen molar-refractivity contribution in [1.82, 2.24) is 0 Å². The predicted octanol–water partition coefficient (Wildman–Crippen LogP) is 4.07. The van der Waals surface area contributed by atoms with Gasteiger partial charge in [0.05, 0.1) is 0 Å². The van der Waals surface area contributed by atoms with Gasteiger partial charge >= 0.3 is 0 Å². The zero-order valence-electron chi connectivity index (χ0n) is 8.18. The summed E-state index contributed by atoms with van der Waals surface area (Å²) in [6, 6.07) is 8.65. The van der Waals surface area contributed by atoms with Crippen LogP contribution in [0, 0.1) is 6.92 Å². The lowest BCUT2D eigenvalue weighted by atomic mass is 10.1. The first kappa shape index (κ1) is 10.3. The third-order valence-electron chi connectivity index (χ3n) is 2.11. The number of benzene rings is 1. The van der Waals surface area contributed by atoms with Gasteiger partial charge < -0.3 is 0 Å². The minimum atomic E-state index is 1.05. The smallest absolute Gasteiger partial charge is 0.00318 e. The van der Waals surface area contributed by atoms with Gasteiger partial charge in [-0.3, -0.25) is 0 Å². The van der Waals surface area contributed by atoms with Crippen molar-refractivity contribution < 1.29 is 0 Å². The molecule has 0 amide bonds. The van der Waals surface area contributed by atoms with Crippen molar-refractivity contribution >= 4 is 11.6 Å². The highest BCUT2D eigenvalue weighted by Gasteiger charge is 1.93. The largest absolute Gasteiger partial charge is 0.0930 e. The normalized spacial score (nSPS) is 11.8. The molecule has 0 aromatic heterocycles. The molecule has 0 nitrogen and oxygen atoms in total.